The lowest BCUT2D eigenvalue weighted by Crippen LogP contribution is -2.57. The molecule has 8 nitrogen and oxygen atoms in total. The Morgan fingerprint density at radius 2 is 2.00 bits per heavy atom. The number of hydrogen-bond acceptors (Lipinski definition) is 6. The molecule has 2 aromatic carbocycles. The number of aromatic hydroxyl groups is 1. The highest BCUT2D eigenvalue weighted by atomic mass is 16.6. The number of oxime groups is 1. The molecular weight excluding hydrogens is 370 g/mol. The number of nitrogens with zero attached hydrogens (tertiary/aromatic N) is 2. The maximum Gasteiger partial charge on any atom is 0.261 e. The molecular formula is C21H19N5O3. The Morgan fingerprint density at radius 1 is 1.21 bits per heavy atom. The van der Waals surface area contributed by atoms with Gasteiger partial charge in [0, 0.05) is 29.6 Å². The normalized spacial score (nSPS) is 17.1. The first-order valence-corrected chi connectivity index (χ1v) is 9.39. The van der Waals surface area contributed by atoms with Crippen LogP contribution in [0.1, 0.15) is 11.1 Å². The van der Waals surface area contributed by atoms with Crippen molar-refractivity contribution in [2.75, 3.05) is 19.7 Å². The average Bonchev–Trinajstić information content (AvgIpc) is 3.21. The van der Waals surface area contributed by atoms with Gasteiger partial charge in [-0.3, -0.25) is 4.79 Å². The summed E-state index contributed by atoms with van der Waals surface area (Å²) in [4.78, 5) is 25.0. The van der Waals surface area contributed by atoms with Gasteiger partial charge in [-0.05, 0) is 12.1 Å². The fraction of sp³-hybridized carbons (Fsp3) is 0.190. The van der Waals surface area contributed by atoms with Gasteiger partial charge in [0.25, 0.3) is 5.91 Å². The quantitative estimate of drug-likeness (QED) is 0.499. The molecule has 1 saturated heterocycles. The molecule has 3 aromatic rings. The largest absolute Gasteiger partial charge is 0.494 e. The summed E-state index contributed by atoms with van der Waals surface area (Å²) in [5.41, 5.74) is 3.87. The van der Waals surface area contributed by atoms with Gasteiger partial charge in [-0.15, -0.1) is 0 Å². The van der Waals surface area contributed by atoms with Gasteiger partial charge in [-0.2, -0.15) is 0 Å². The van der Waals surface area contributed by atoms with Crippen LogP contribution >= 0.6 is 0 Å². The monoisotopic (exact) mass is 389 g/mol. The van der Waals surface area contributed by atoms with E-state index >= 15 is 0 Å². The molecule has 0 saturated carbocycles. The van der Waals surface area contributed by atoms with Gasteiger partial charge in [0.2, 0.25) is 0 Å². The highest BCUT2D eigenvalue weighted by molar-refractivity contribution is 6.58. The van der Waals surface area contributed by atoms with E-state index in [4.69, 9.17) is 4.84 Å². The van der Waals surface area contributed by atoms with E-state index in [9.17, 15) is 9.90 Å². The van der Waals surface area contributed by atoms with Gasteiger partial charge >= 0.3 is 0 Å². The van der Waals surface area contributed by atoms with Crippen LogP contribution in [0.4, 0.5) is 5.69 Å². The molecule has 1 fully saturated rings. The molecule has 3 heterocycles. The average molecular weight is 389 g/mol. The summed E-state index contributed by atoms with van der Waals surface area (Å²) >= 11 is 0. The summed E-state index contributed by atoms with van der Waals surface area (Å²) in [6, 6.07) is 15.3. The molecule has 4 N–H and O–H groups in total. The van der Waals surface area contributed by atoms with Gasteiger partial charge in [-0.25, -0.2) is 4.99 Å². The van der Waals surface area contributed by atoms with Crippen molar-refractivity contribution < 1.29 is 14.7 Å². The first-order valence-electron chi connectivity index (χ1n) is 9.39. The predicted molar refractivity (Wildman–Crippen MR) is 110 cm³/mol. The van der Waals surface area contributed by atoms with Gasteiger partial charge in [0.05, 0.1) is 17.3 Å². The Hall–Kier alpha value is -3.65. The lowest BCUT2D eigenvalue weighted by Gasteiger charge is -2.27. The van der Waals surface area contributed by atoms with E-state index in [-0.39, 0.29) is 24.4 Å². The Labute approximate surface area is 166 Å². The second-order valence-corrected chi connectivity index (χ2v) is 7.01. The zero-order valence-electron chi connectivity index (χ0n) is 15.5. The van der Waals surface area contributed by atoms with Crippen LogP contribution in [-0.2, 0) is 9.63 Å². The second kappa shape index (κ2) is 7.06. The Bertz CT molecular complexity index is 1160. The highest BCUT2D eigenvalue weighted by Crippen LogP contribution is 2.35. The SMILES string of the molecule is O=C(CON=C1C(c2c(O)[nH]c3ccccc23)=Nc2ccccc21)NC1CNC1. The molecule has 8 heteroatoms. The fourth-order valence-corrected chi connectivity index (χ4v) is 3.52. The number of nitrogens with one attached hydrogen (secondary N) is 3. The molecule has 5 rings (SSSR count). The number of carbonyl (C=O) groups is 1. The van der Waals surface area contributed by atoms with Gasteiger partial charge < -0.3 is 25.6 Å². The third kappa shape index (κ3) is 3.13. The van der Waals surface area contributed by atoms with E-state index in [2.05, 4.69) is 25.8 Å². The van der Waals surface area contributed by atoms with E-state index in [0.29, 0.717) is 17.0 Å². The van der Waals surface area contributed by atoms with Crippen molar-refractivity contribution in [2.24, 2.45) is 10.1 Å². The minimum absolute atomic E-state index is 0.0145. The van der Waals surface area contributed by atoms with Crippen LogP contribution in [0, 0.1) is 0 Å². The highest BCUT2D eigenvalue weighted by Gasteiger charge is 2.29. The summed E-state index contributed by atoms with van der Waals surface area (Å²) in [6.07, 6.45) is 0. The molecule has 2 aliphatic heterocycles. The molecule has 2 aliphatic rings. The minimum atomic E-state index is -0.222. The molecule has 0 aliphatic carbocycles. The topological polar surface area (TPSA) is 111 Å². The molecule has 1 aromatic heterocycles. The van der Waals surface area contributed by atoms with Gasteiger partial charge in [-0.1, -0.05) is 41.6 Å². The zero-order chi connectivity index (χ0) is 19.8. The molecule has 0 radical (unpaired) electrons. The van der Waals surface area contributed by atoms with E-state index < -0.39 is 0 Å². The van der Waals surface area contributed by atoms with Crippen LogP contribution in [0.2, 0.25) is 0 Å². The third-order valence-electron chi connectivity index (χ3n) is 5.04. The number of amides is 1. The number of aliphatic imine (C=N–C) groups is 1. The van der Waals surface area contributed by atoms with Crippen LogP contribution < -0.4 is 10.6 Å². The Kier molecular flexibility index (Phi) is 4.25. The van der Waals surface area contributed by atoms with Crippen molar-refractivity contribution in [1.29, 1.82) is 0 Å². The minimum Gasteiger partial charge on any atom is -0.494 e. The number of H-pyrrole nitrogens is 1. The van der Waals surface area contributed by atoms with Crippen LogP contribution in [0.5, 0.6) is 5.88 Å². The maximum atomic E-state index is 12.0. The summed E-state index contributed by atoms with van der Waals surface area (Å²) < 4.78 is 0. The number of aromatic amines is 1. The van der Waals surface area contributed by atoms with E-state index in [1.807, 2.05) is 48.5 Å². The summed E-state index contributed by atoms with van der Waals surface area (Å²) in [6.45, 7) is 1.35. The predicted octanol–water partition coefficient (Wildman–Crippen LogP) is 1.82. The van der Waals surface area contributed by atoms with Crippen molar-refractivity contribution in [3.63, 3.8) is 0 Å². The number of aromatic nitrogens is 1. The molecule has 146 valence electrons. The van der Waals surface area contributed by atoms with Crippen molar-refractivity contribution in [3.05, 3.63) is 59.7 Å². The number of benzene rings is 2. The molecule has 0 atom stereocenters. The maximum absolute atomic E-state index is 12.0. The smallest absolute Gasteiger partial charge is 0.261 e. The molecule has 0 spiro atoms. The van der Waals surface area contributed by atoms with Crippen molar-refractivity contribution in [2.45, 2.75) is 6.04 Å². The van der Waals surface area contributed by atoms with Crippen LogP contribution in [0.3, 0.4) is 0 Å². The first kappa shape index (κ1) is 17.4. The Morgan fingerprint density at radius 3 is 2.83 bits per heavy atom. The summed E-state index contributed by atoms with van der Waals surface area (Å²) in [5, 5.41) is 21.6. The second-order valence-electron chi connectivity index (χ2n) is 7.01. The van der Waals surface area contributed by atoms with Crippen molar-refractivity contribution >= 4 is 33.9 Å². The molecule has 0 unspecified atom stereocenters. The lowest BCUT2D eigenvalue weighted by atomic mass is 10.0. The Balaban J connectivity index is 1.47. The summed E-state index contributed by atoms with van der Waals surface area (Å²) in [7, 11) is 0. The van der Waals surface area contributed by atoms with Crippen molar-refractivity contribution in [1.82, 2.24) is 15.6 Å². The van der Waals surface area contributed by atoms with E-state index in [0.717, 1.165) is 35.2 Å². The van der Waals surface area contributed by atoms with E-state index in [1.165, 1.54) is 0 Å². The number of para-hydroxylation sites is 2. The lowest BCUT2D eigenvalue weighted by molar-refractivity contribution is -0.126. The number of hydrogen-bond donors (Lipinski definition) is 4. The van der Waals surface area contributed by atoms with Crippen molar-refractivity contribution in [3.8, 4) is 5.88 Å². The molecule has 0 bridgehead atoms. The molecule has 1 amide bonds. The number of rotatable bonds is 5. The van der Waals surface area contributed by atoms with Crippen LogP contribution in [0.25, 0.3) is 10.9 Å². The van der Waals surface area contributed by atoms with Gasteiger partial charge in [0.1, 0.15) is 11.4 Å². The third-order valence-corrected chi connectivity index (χ3v) is 5.04. The van der Waals surface area contributed by atoms with Gasteiger partial charge in [0.15, 0.2) is 12.5 Å². The number of carbonyl (C=O) groups excluding carboxylic acids is 1. The van der Waals surface area contributed by atoms with Crippen LogP contribution in [-0.4, -0.2) is 53.2 Å². The molecule has 29 heavy (non-hydrogen) atoms. The zero-order valence-corrected chi connectivity index (χ0v) is 15.5. The van der Waals surface area contributed by atoms with Crippen LogP contribution in [0.15, 0.2) is 58.7 Å². The standard InChI is InChI=1S/C21H19N5O3/c27-17(23-12-9-22-10-12)11-29-26-19-14-6-2-4-8-16(14)24-20(19)18-13-5-1-3-7-15(13)25-21(18)28/h1-8,12,22,25,28H,9-11H2,(H,23,27). The van der Waals surface area contributed by atoms with E-state index in [1.54, 1.807) is 0 Å². The fourth-order valence-electron chi connectivity index (χ4n) is 3.52. The number of fused-ring (bicyclic) bond motifs is 2. The first-order chi connectivity index (χ1) is 14.2. The summed E-state index contributed by atoms with van der Waals surface area (Å²) in [5.74, 6) is -0.207.